The summed E-state index contributed by atoms with van der Waals surface area (Å²) in [4.78, 5) is 23.5. The van der Waals surface area contributed by atoms with E-state index in [1.165, 1.54) is 28.3 Å². The monoisotopic (exact) mass is 500 g/mol. The van der Waals surface area contributed by atoms with Crippen molar-refractivity contribution in [2.24, 2.45) is 0 Å². The lowest BCUT2D eigenvalue weighted by molar-refractivity contribution is 0.0146. The van der Waals surface area contributed by atoms with Gasteiger partial charge in [-0.15, -0.1) is 0 Å². The number of fused-ring (bicyclic) bond motifs is 2. The smallest absolute Gasteiger partial charge is 0.407 e. The van der Waals surface area contributed by atoms with E-state index in [1.54, 1.807) is 0 Å². The quantitative estimate of drug-likeness (QED) is 0.364. The van der Waals surface area contributed by atoms with Crippen molar-refractivity contribution in [1.82, 2.24) is 10.6 Å². The maximum Gasteiger partial charge on any atom is 0.407 e. The third-order valence-corrected chi connectivity index (χ3v) is 5.32. The van der Waals surface area contributed by atoms with Gasteiger partial charge in [0.2, 0.25) is 0 Å². The van der Waals surface area contributed by atoms with Gasteiger partial charge >= 0.3 is 12.2 Å². The Balaban J connectivity index is 1.97. The van der Waals surface area contributed by atoms with Crippen molar-refractivity contribution in [3.63, 3.8) is 0 Å². The van der Waals surface area contributed by atoms with Gasteiger partial charge in [0.1, 0.15) is 24.7 Å². The first-order valence-corrected chi connectivity index (χ1v) is 11.5. The molecule has 3 rings (SSSR count). The van der Waals surface area contributed by atoms with Crippen LogP contribution in [0.25, 0.3) is 21.5 Å². The molecule has 10 heteroatoms. The van der Waals surface area contributed by atoms with Gasteiger partial charge in [0, 0.05) is 49.9 Å². The van der Waals surface area contributed by atoms with E-state index in [1.807, 2.05) is 48.5 Å². The maximum atomic E-state index is 11.7. The first kappa shape index (κ1) is 26.8. The zero-order valence-corrected chi connectivity index (χ0v) is 20.9. The van der Waals surface area contributed by atoms with Gasteiger partial charge in [0.05, 0.1) is 13.2 Å². The van der Waals surface area contributed by atoms with E-state index < -0.39 is 24.4 Å². The topological polar surface area (TPSA) is 114 Å². The highest BCUT2D eigenvalue weighted by molar-refractivity contribution is 6.11. The van der Waals surface area contributed by atoms with Gasteiger partial charge in [-0.3, -0.25) is 0 Å². The summed E-state index contributed by atoms with van der Waals surface area (Å²) in [6.07, 6.45) is -2.35. The fourth-order valence-corrected chi connectivity index (χ4v) is 3.74. The highest BCUT2D eigenvalue weighted by Crippen LogP contribution is 2.42. The molecule has 0 saturated heterocycles. The van der Waals surface area contributed by atoms with Crippen molar-refractivity contribution in [3.05, 3.63) is 48.5 Å². The number of hydrogen-bond acceptors (Lipinski definition) is 8. The molecule has 0 radical (unpaired) electrons. The van der Waals surface area contributed by atoms with E-state index in [-0.39, 0.29) is 26.4 Å². The Kier molecular flexibility index (Phi) is 9.96. The molecule has 2 atom stereocenters. The normalized spacial score (nSPS) is 12.6. The van der Waals surface area contributed by atoms with Gasteiger partial charge in [-0.1, -0.05) is 48.5 Å². The third kappa shape index (κ3) is 6.67. The first-order chi connectivity index (χ1) is 17.5. The van der Waals surface area contributed by atoms with E-state index in [0.717, 1.165) is 21.5 Å². The van der Waals surface area contributed by atoms with Crippen LogP contribution in [-0.4, -0.2) is 79.1 Å². The van der Waals surface area contributed by atoms with Crippen LogP contribution < -0.4 is 20.1 Å². The molecule has 2 unspecified atom stereocenters. The first-order valence-electron chi connectivity index (χ1n) is 11.5. The van der Waals surface area contributed by atoms with Crippen LogP contribution in [0.2, 0.25) is 0 Å². The summed E-state index contributed by atoms with van der Waals surface area (Å²) in [7, 11) is 6.04. The Labute approximate surface area is 209 Å². The standard InChI is InChI=1S/C26H32N2O8/c1-27-25(29)35-17(13-31-3)15-33-23-19-9-5-7-11-21(19)24(22-12-8-6-10-20(22)23)34-16-18(14-32-4)36-26(30)28-2/h5-12,17-18H,13-16H2,1-4H3,(H,27,29)(H,28,30). The van der Waals surface area contributed by atoms with Gasteiger partial charge in [-0.2, -0.15) is 0 Å². The minimum Gasteiger partial charge on any atom is -0.488 e. The highest BCUT2D eigenvalue weighted by atomic mass is 16.6. The molecular formula is C26H32N2O8. The van der Waals surface area contributed by atoms with Crippen LogP contribution in [0.5, 0.6) is 11.5 Å². The molecule has 0 aromatic heterocycles. The third-order valence-electron chi connectivity index (χ3n) is 5.32. The second kappa shape index (κ2) is 13.4. The van der Waals surface area contributed by atoms with Crippen molar-refractivity contribution in [3.8, 4) is 11.5 Å². The molecule has 0 aliphatic heterocycles. The number of methoxy groups -OCH3 is 2. The van der Waals surface area contributed by atoms with Gasteiger partial charge < -0.3 is 39.1 Å². The predicted molar refractivity (Wildman–Crippen MR) is 135 cm³/mol. The van der Waals surface area contributed by atoms with Crippen LogP contribution in [0.1, 0.15) is 0 Å². The van der Waals surface area contributed by atoms with Crippen molar-refractivity contribution < 1.29 is 38.0 Å². The van der Waals surface area contributed by atoms with Crippen molar-refractivity contribution in [2.75, 3.05) is 54.7 Å². The van der Waals surface area contributed by atoms with Crippen LogP contribution >= 0.6 is 0 Å². The van der Waals surface area contributed by atoms with E-state index in [0.29, 0.717) is 11.5 Å². The molecule has 10 nitrogen and oxygen atoms in total. The van der Waals surface area contributed by atoms with Gasteiger partial charge in [-0.25, -0.2) is 9.59 Å². The summed E-state index contributed by atoms with van der Waals surface area (Å²) < 4.78 is 33.6. The molecule has 0 heterocycles. The van der Waals surface area contributed by atoms with E-state index in [2.05, 4.69) is 10.6 Å². The molecule has 2 N–H and O–H groups in total. The van der Waals surface area contributed by atoms with Gasteiger partial charge in [0.15, 0.2) is 12.2 Å². The second-order valence-corrected chi connectivity index (χ2v) is 7.84. The summed E-state index contributed by atoms with van der Waals surface area (Å²) in [5.74, 6) is 1.26. The van der Waals surface area contributed by atoms with Crippen molar-refractivity contribution >= 4 is 33.7 Å². The Morgan fingerprint density at radius 2 is 0.972 bits per heavy atom. The largest absolute Gasteiger partial charge is 0.488 e. The minimum absolute atomic E-state index is 0.0886. The van der Waals surface area contributed by atoms with Crippen LogP contribution in [0, 0.1) is 0 Å². The highest BCUT2D eigenvalue weighted by Gasteiger charge is 2.21. The van der Waals surface area contributed by atoms with Crippen molar-refractivity contribution in [1.29, 1.82) is 0 Å². The Morgan fingerprint density at radius 3 is 1.25 bits per heavy atom. The molecule has 0 bridgehead atoms. The zero-order chi connectivity index (χ0) is 25.9. The fourth-order valence-electron chi connectivity index (χ4n) is 3.74. The fraction of sp³-hybridized carbons (Fsp3) is 0.385. The van der Waals surface area contributed by atoms with Gasteiger partial charge in [0.25, 0.3) is 0 Å². The van der Waals surface area contributed by atoms with Crippen LogP contribution in [0.3, 0.4) is 0 Å². The number of nitrogens with one attached hydrogen (secondary N) is 2. The van der Waals surface area contributed by atoms with Gasteiger partial charge in [-0.05, 0) is 0 Å². The lowest BCUT2D eigenvalue weighted by atomic mass is 10.0. The summed E-state index contributed by atoms with van der Waals surface area (Å²) in [5.41, 5.74) is 0. The molecule has 0 saturated carbocycles. The van der Waals surface area contributed by atoms with Crippen LogP contribution in [-0.2, 0) is 18.9 Å². The number of carbonyl (C=O) groups excluding carboxylic acids is 2. The molecular weight excluding hydrogens is 468 g/mol. The summed E-state index contributed by atoms with van der Waals surface area (Å²) >= 11 is 0. The predicted octanol–water partition coefficient (Wildman–Crippen LogP) is 3.49. The average Bonchev–Trinajstić information content (AvgIpc) is 2.90. The maximum absolute atomic E-state index is 11.7. The number of alkyl carbamates (subject to hydrolysis) is 2. The van der Waals surface area contributed by atoms with Crippen LogP contribution in [0.4, 0.5) is 9.59 Å². The number of benzene rings is 3. The molecule has 36 heavy (non-hydrogen) atoms. The average molecular weight is 501 g/mol. The molecule has 3 aromatic carbocycles. The van der Waals surface area contributed by atoms with Crippen LogP contribution in [0.15, 0.2) is 48.5 Å². The molecule has 3 aromatic rings. The van der Waals surface area contributed by atoms with E-state index in [9.17, 15) is 9.59 Å². The SMILES string of the molecule is CNC(=O)OC(COC)COc1c2ccccc2c(OCC(COC)OC(=O)NC)c2ccccc12. The lowest BCUT2D eigenvalue weighted by Gasteiger charge is -2.22. The number of carbonyl (C=O) groups is 2. The Bertz CT molecular complexity index is 1020. The molecule has 0 aliphatic carbocycles. The molecule has 0 fully saturated rings. The number of hydrogen-bond donors (Lipinski definition) is 2. The molecule has 194 valence electrons. The summed E-state index contributed by atoms with van der Waals surface area (Å²) in [5, 5.41) is 8.14. The molecule has 0 spiro atoms. The number of ether oxygens (including phenoxy) is 6. The van der Waals surface area contributed by atoms with E-state index in [4.69, 9.17) is 28.4 Å². The summed E-state index contributed by atoms with van der Waals surface area (Å²) in [6, 6.07) is 15.4. The minimum atomic E-state index is -0.611. The van der Waals surface area contributed by atoms with Crippen molar-refractivity contribution in [2.45, 2.75) is 12.2 Å². The number of rotatable bonds is 12. The Hall–Kier alpha value is -3.76. The lowest BCUT2D eigenvalue weighted by Crippen LogP contribution is -2.33. The number of amides is 2. The second-order valence-electron chi connectivity index (χ2n) is 7.84. The molecule has 0 aliphatic rings. The summed E-state index contributed by atoms with van der Waals surface area (Å²) in [6.45, 7) is 0.532. The molecule has 2 amide bonds. The Morgan fingerprint density at radius 1 is 0.639 bits per heavy atom. The van der Waals surface area contributed by atoms with E-state index >= 15 is 0 Å². The zero-order valence-electron chi connectivity index (χ0n) is 20.9.